The van der Waals surface area contributed by atoms with Crippen LogP contribution in [0.1, 0.15) is 10.4 Å². The Labute approximate surface area is 147 Å². The van der Waals surface area contributed by atoms with E-state index in [1.54, 1.807) is 19.1 Å². The van der Waals surface area contributed by atoms with E-state index in [0.29, 0.717) is 0 Å². The quantitative estimate of drug-likeness (QED) is 0.656. The van der Waals surface area contributed by atoms with Crippen LogP contribution in [0.2, 0.25) is 0 Å². The highest BCUT2D eigenvalue weighted by atomic mass is 79.9. The highest BCUT2D eigenvalue weighted by Gasteiger charge is 2.28. The molecular formula is C17H17Br2NO2. The van der Waals surface area contributed by atoms with Gasteiger partial charge in [0.1, 0.15) is 10.6 Å². The van der Waals surface area contributed by atoms with Gasteiger partial charge < -0.3 is 9.64 Å². The largest absolute Gasteiger partial charge is 0.497 e. The predicted molar refractivity (Wildman–Crippen MR) is 97.2 cm³/mol. The van der Waals surface area contributed by atoms with Crippen LogP contribution < -0.4 is 9.64 Å². The summed E-state index contributed by atoms with van der Waals surface area (Å²) < 4.78 is 5.23. The van der Waals surface area contributed by atoms with Crippen molar-refractivity contribution in [3.05, 3.63) is 60.2 Å². The minimum absolute atomic E-state index is 0.0177. The van der Waals surface area contributed by atoms with E-state index in [0.717, 1.165) is 17.0 Å². The maximum absolute atomic E-state index is 12.6. The summed E-state index contributed by atoms with van der Waals surface area (Å²) in [5.41, 5.74) is 1.85. The summed E-state index contributed by atoms with van der Waals surface area (Å²) in [6.07, 6.45) is 0. The molecular weight excluding hydrogens is 410 g/mol. The molecule has 2 rings (SSSR count). The number of ether oxygens (including phenoxy) is 1. The van der Waals surface area contributed by atoms with Crippen LogP contribution in [0.4, 0.5) is 5.69 Å². The molecule has 3 nitrogen and oxygen atoms in total. The van der Waals surface area contributed by atoms with Gasteiger partial charge in [-0.15, -0.1) is 0 Å². The van der Waals surface area contributed by atoms with Gasteiger partial charge >= 0.3 is 0 Å². The van der Waals surface area contributed by atoms with Gasteiger partial charge in [0, 0.05) is 12.7 Å². The first-order valence-corrected chi connectivity index (χ1v) is 8.62. The summed E-state index contributed by atoms with van der Waals surface area (Å²) in [5, 5.41) is 0. The molecule has 0 radical (unpaired) electrons. The lowest BCUT2D eigenvalue weighted by Gasteiger charge is -2.24. The van der Waals surface area contributed by atoms with Crippen molar-refractivity contribution >= 4 is 43.5 Å². The number of para-hydroxylation sites is 1. The normalized spacial score (nSPS) is 13.3. The summed E-state index contributed by atoms with van der Waals surface area (Å²) in [5.74, 6) is 0.751. The fraction of sp³-hybridized carbons (Fsp3) is 0.235. The molecule has 5 heteroatoms. The second-order valence-electron chi connectivity index (χ2n) is 4.81. The number of hydrogen-bond acceptors (Lipinski definition) is 2. The smallest absolute Gasteiger partial charge is 0.242 e. The monoisotopic (exact) mass is 425 g/mol. The Kier molecular flexibility index (Phi) is 6.03. The van der Waals surface area contributed by atoms with Gasteiger partial charge in [-0.25, -0.2) is 0 Å². The van der Waals surface area contributed by atoms with Crippen LogP contribution in [0.25, 0.3) is 0 Å². The van der Waals surface area contributed by atoms with E-state index in [2.05, 4.69) is 31.9 Å². The second kappa shape index (κ2) is 7.79. The maximum Gasteiger partial charge on any atom is 0.242 e. The molecule has 2 aromatic rings. The summed E-state index contributed by atoms with van der Waals surface area (Å²) in [6.45, 7) is 0. The van der Waals surface area contributed by atoms with E-state index in [-0.39, 0.29) is 15.6 Å². The molecule has 116 valence electrons. The lowest BCUT2D eigenvalue weighted by Crippen LogP contribution is -2.35. The van der Waals surface area contributed by atoms with Crippen molar-refractivity contribution in [2.24, 2.45) is 0 Å². The van der Waals surface area contributed by atoms with Crippen LogP contribution in [0, 0.1) is 0 Å². The van der Waals surface area contributed by atoms with Crippen molar-refractivity contribution in [2.45, 2.75) is 9.65 Å². The first-order chi connectivity index (χ1) is 10.5. The van der Waals surface area contributed by atoms with E-state index < -0.39 is 0 Å². The number of rotatable bonds is 5. The summed E-state index contributed by atoms with van der Waals surface area (Å²) in [7, 11) is 3.40. The van der Waals surface area contributed by atoms with Gasteiger partial charge in [-0.2, -0.15) is 0 Å². The third kappa shape index (κ3) is 3.90. The molecule has 2 atom stereocenters. The zero-order valence-electron chi connectivity index (χ0n) is 12.4. The minimum atomic E-state index is -0.384. The van der Waals surface area contributed by atoms with Crippen LogP contribution in [0.15, 0.2) is 54.6 Å². The van der Waals surface area contributed by atoms with Gasteiger partial charge in [-0.1, -0.05) is 62.2 Å². The minimum Gasteiger partial charge on any atom is -0.497 e. The number of hydrogen-bond donors (Lipinski definition) is 0. The van der Waals surface area contributed by atoms with Gasteiger partial charge in [-0.3, -0.25) is 4.79 Å². The second-order valence-corrected chi connectivity index (χ2v) is 6.79. The van der Waals surface area contributed by atoms with Crippen molar-refractivity contribution in [2.75, 3.05) is 19.1 Å². The molecule has 0 aliphatic rings. The van der Waals surface area contributed by atoms with Crippen molar-refractivity contribution in [3.8, 4) is 5.75 Å². The molecule has 2 aromatic carbocycles. The number of nitrogens with zero attached hydrogens (tertiary/aromatic N) is 1. The standard InChI is InChI=1S/C17H17Br2NO2/c1-20(13-8-4-3-5-9-13)17(21)16(19)15(18)12-7-6-10-14(11-12)22-2/h3-11,15-16H,1-2H3. The van der Waals surface area contributed by atoms with Gasteiger partial charge in [0.05, 0.1) is 11.9 Å². The Hall–Kier alpha value is -1.33. The molecule has 1 amide bonds. The topological polar surface area (TPSA) is 29.5 Å². The number of benzene rings is 2. The van der Waals surface area contributed by atoms with E-state index in [1.807, 2.05) is 54.6 Å². The molecule has 0 aliphatic heterocycles. The molecule has 0 saturated carbocycles. The van der Waals surface area contributed by atoms with Crippen LogP contribution in [0.3, 0.4) is 0 Å². The van der Waals surface area contributed by atoms with Crippen LogP contribution in [-0.2, 0) is 4.79 Å². The Bertz CT molecular complexity index is 634. The third-order valence-electron chi connectivity index (χ3n) is 3.38. The molecule has 0 N–H and O–H groups in total. The number of methoxy groups -OCH3 is 1. The predicted octanol–water partition coefficient (Wildman–Crippen LogP) is 4.56. The Morgan fingerprint density at radius 2 is 1.77 bits per heavy atom. The Morgan fingerprint density at radius 3 is 2.41 bits per heavy atom. The number of carbonyl (C=O) groups is 1. The number of amides is 1. The van der Waals surface area contributed by atoms with Gasteiger partial charge in [0.2, 0.25) is 5.91 Å². The highest BCUT2D eigenvalue weighted by molar-refractivity contribution is 9.12. The van der Waals surface area contributed by atoms with E-state index in [1.165, 1.54) is 0 Å². The van der Waals surface area contributed by atoms with Crippen molar-refractivity contribution in [1.29, 1.82) is 0 Å². The molecule has 0 aliphatic carbocycles. The fourth-order valence-electron chi connectivity index (χ4n) is 2.07. The highest BCUT2D eigenvalue weighted by Crippen LogP contribution is 2.34. The van der Waals surface area contributed by atoms with Crippen molar-refractivity contribution in [1.82, 2.24) is 0 Å². The average molecular weight is 427 g/mol. The molecule has 2 unspecified atom stereocenters. The molecule has 0 bridgehead atoms. The zero-order chi connectivity index (χ0) is 16.1. The third-order valence-corrected chi connectivity index (χ3v) is 6.07. The van der Waals surface area contributed by atoms with Gasteiger partial charge in [0.15, 0.2) is 0 Å². The summed E-state index contributed by atoms with van der Waals surface area (Å²) >= 11 is 7.12. The zero-order valence-corrected chi connectivity index (χ0v) is 15.5. The van der Waals surface area contributed by atoms with Gasteiger partial charge in [-0.05, 0) is 29.8 Å². The van der Waals surface area contributed by atoms with Crippen LogP contribution >= 0.6 is 31.9 Å². The van der Waals surface area contributed by atoms with Crippen molar-refractivity contribution in [3.63, 3.8) is 0 Å². The van der Waals surface area contributed by atoms with Crippen molar-refractivity contribution < 1.29 is 9.53 Å². The number of halogens is 2. The molecule has 22 heavy (non-hydrogen) atoms. The first-order valence-electron chi connectivity index (χ1n) is 6.79. The first kappa shape index (κ1) is 17.0. The lowest BCUT2D eigenvalue weighted by molar-refractivity contribution is -0.117. The number of anilines is 1. The van der Waals surface area contributed by atoms with E-state index in [4.69, 9.17) is 4.74 Å². The molecule has 0 saturated heterocycles. The van der Waals surface area contributed by atoms with E-state index in [9.17, 15) is 4.79 Å². The molecule has 0 aromatic heterocycles. The maximum atomic E-state index is 12.6. The molecule has 0 heterocycles. The number of alkyl halides is 2. The molecule has 0 spiro atoms. The number of carbonyl (C=O) groups excluding carboxylic acids is 1. The van der Waals surface area contributed by atoms with Crippen LogP contribution in [0.5, 0.6) is 5.75 Å². The summed E-state index contributed by atoms with van der Waals surface area (Å²) in [6, 6.07) is 17.2. The SMILES string of the molecule is COc1cccc(C(Br)C(Br)C(=O)N(C)c2ccccc2)c1. The average Bonchev–Trinajstić information content (AvgIpc) is 2.59. The fourth-order valence-corrected chi connectivity index (χ4v) is 3.19. The Morgan fingerprint density at radius 1 is 1.09 bits per heavy atom. The Balaban J connectivity index is 2.15. The van der Waals surface area contributed by atoms with Crippen LogP contribution in [-0.4, -0.2) is 24.9 Å². The van der Waals surface area contributed by atoms with Gasteiger partial charge in [0.25, 0.3) is 0 Å². The van der Waals surface area contributed by atoms with E-state index >= 15 is 0 Å². The lowest BCUT2D eigenvalue weighted by atomic mass is 10.1. The molecule has 0 fully saturated rings. The summed E-state index contributed by atoms with van der Waals surface area (Å²) in [4.78, 5) is 13.7.